The van der Waals surface area contributed by atoms with Crippen molar-refractivity contribution in [2.24, 2.45) is 5.92 Å². The van der Waals surface area contributed by atoms with Crippen LogP contribution >= 0.6 is 0 Å². The van der Waals surface area contributed by atoms with Crippen molar-refractivity contribution >= 4 is 0 Å². The summed E-state index contributed by atoms with van der Waals surface area (Å²) in [4.78, 5) is 2.94. The van der Waals surface area contributed by atoms with Gasteiger partial charge in [0.25, 0.3) is 0 Å². The fraction of sp³-hybridized carbons (Fsp3) is 1.00. The van der Waals surface area contributed by atoms with Gasteiger partial charge in [-0.1, -0.05) is 26.2 Å². The van der Waals surface area contributed by atoms with E-state index in [4.69, 9.17) is 0 Å². The highest BCUT2D eigenvalue weighted by atomic mass is 15.3. The van der Waals surface area contributed by atoms with Gasteiger partial charge in [-0.3, -0.25) is 4.90 Å². The Morgan fingerprint density at radius 2 is 1.89 bits per heavy atom. The predicted octanol–water partition coefficient (Wildman–Crippen LogP) is 3.17. The Kier molecular flexibility index (Phi) is 3.68. The lowest BCUT2D eigenvalue weighted by Crippen LogP contribution is -2.66. The molecule has 1 heterocycles. The van der Waals surface area contributed by atoms with Crippen LogP contribution in [-0.4, -0.2) is 35.6 Å². The molecule has 3 aliphatic rings. The highest BCUT2D eigenvalue weighted by molar-refractivity contribution is 5.07. The Bertz CT molecular complexity index is 281. The molecule has 0 aromatic rings. The number of hydrogen-bond donors (Lipinski definition) is 1. The number of nitrogens with one attached hydrogen (secondary N) is 1. The molecule has 104 valence electrons. The number of hydrogen-bond acceptors (Lipinski definition) is 2. The highest BCUT2D eigenvalue weighted by Gasteiger charge is 2.50. The highest BCUT2D eigenvalue weighted by Crippen LogP contribution is 2.46. The summed E-state index contributed by atoms with van der Waals surface area (Å²) in [6.45, 7) is 7.40. The fourth-order valence-corrected chi connectivity index (χ4v) is 4.37. The van der Waals surface area contributed by atoms with Gasteiger partial charge in [0.1, 0.15) is 0 Å². The smallest absolute Gasteiger partial charge is 0.0337 e. The topological polar surface area (TPSA) is 15.3 Å². The summed E-state index contributed by atoms with van der Waals surface area (Å²) in [6, 6.07) is 1.65. The minimum atomic E-state index is 0.471. The fourth-order valence-electron chi connectivity index (χ4n) is 4.37. The van der Waals surface area contributed by atoms with Crippen LogP contribution in [0.3, 0.4) is 0 Å². The molecule has 0 amide bonds. The quantitative estimate of drug-likeness (QED) is 0.824. The van der Waals surface area contributed by atoms with Crippen molar-refractivity contribution in [1.29, 1.82) is 0 Å². The van der Waals surface area contributed by atoms with E-state index in [1.807, 2.05) is 0 Å². The van der Waals surface area contributed by atoms with E-state index in [9.17, 15) is 0 Å². The third-order valence-electron chi connectivity index (χ3n) is 5.68. The zero-order chi connectivity index (χ0) is 12.6. The second-order valence-electron chi connectivity index (χ2n) is 7.09. The van der Waals surface area contributed by atoms with Gasteiger partial charge in [-0.2, -0.15) is 0 Å². The lowest BCUT2D eigenvalue weighted by atomic mass is 9.87. The van der Waals surface area contributed by atoms with Crippen LogP contribution in [0.25, 0.3) is 0 Å². The molecule has 18 heavy (non-hydrogen) atoms. The minimum absolute atomic E-state index is 0.471. The van der Waals surface area contributed by atoms with Crippen molar-refractivity contribution in [2.75, 3.05) is 13.1 Å². The molecule has 0 spiro atoms. The zero-order valence-electron chi connectivity index (χ0n) is 12.3. The average molecular weight is 250 g/mol. The Morgan fingerprint density at radius 1 is 1.17 bits per heavy atom. The summed E-state index contributed by atoms with van der Waals surface area (Å²) in [5.41, 5.74) is 0.471. The van der Waals surface area contributed by atoms with E-state index in [2.05, 4.69) is 24.1 Å². The van der Waals surface area contributed by atoms with Crippen LogP contribution in [0, 0.1) is 5.92 Å². The number of piperazine rings is 1. The Hall–Kier alpha value is -0.0800. The van der Waals surface area contributed by atoms with Crippen molar-refractivity contribution in [3.63, 3.8) is 0 Å². The molecule has 3 rings (SSSR count). The predicted molar refractivity (Wildman–Crippen MR) is 76.8 cm³/mol. The Balaban J connectivity index is 1.73. The summed E-state index contributed by atoms with van der Waals surface area (Å²) in [5, 5.41) is 3.84. The van der Waals surface area contributed by atoms with E-state index in [1.54, 1.807) is 0 Å². The molecule has 1 saturated heterocycles. The number of rotatable bonds is 4. The molecule has 2 unspecified atom stereocenters. The van der Waals surface area contributed by atoms with Gasteiger partial charge in [-0.15, -0.1) is 0 Å². The van der Waals surface area contributed by atoms with Crippen LogP contribution in [0.5, 0.6) is 0 Å². The molecule has 0 radical (unpaired) electrons. The molecular weight excluding hydrogens is 220 g/mol. The first kappa shape index (κ1) is 12.9. The molecule has 1 N–H and O–H groups in total. The van der Waals surface area contributed by atoms with Crippen LogP contribution in [0.4, 0.5) is 0 Å². The molecule has 1 aliphatic heterocycles. The normalized spacial score (nSPS) is 39.3. The number of nitrogens with zero attached hydrogens (tertiary/aromatic N) is 1. The molecule has 0 bridgehead atoms. The summed E-state index contributed by atoms with van der Waals surface area (Å²) in [7, 11) is 0. The average Bonchev–Trinajstić information content (AvgIpc) is 3.10. The molecular formula is C16H30N2. The molecule has 0 aromatic carbocycles. The second-order valence-corrected chi connectivity index (χ2v) is 7.09. The van der Waals surface area contributed by atoms with Crippen molar-refractivity contribution < 1.29 is 0 Å². The first-order valence-corrected chi connectivity index (χ1v) is 8.24. The van der Waals surface area contributed by atoms with E-state index >= 15 is 0 Å². The van der Waals surface area contributed by atoms with E-state index in [0.717, 1.165) is 18.0 Å². The summed E-state index contributed by atoms with van der Waals surface area (Å²) >= 11 is 0. The maximum atomic E-state index is 3.84. The van der Waals surface area contributed by atoms with Crippen LogP contribution < -0.4 is 5.32 Å². The summed E-state index contributed by atoms with van der Waals surface area (Å²) < 4.78 is 0. The molecule has 0 aromatic heterocycles. The van der Waals surface area contributed by atoms with Crippen LogP contribution in [0.2, 0.25) is 0 Å². The van der Waals surface area contributed by atoms with Crippen LogP contribution in [-0.2, 0) is 0 Å². The summed E-state index contributed by atoms with van der Waals surface area (Å²) in [6.07, 6.45) is 11.5. The molecule has 2 nitrogen and oxygen atoms in total. The van der Waals surface area contributed by atoms with Crippen LogP contribution in [0.15, 0.2) is 0 Å². The Morgan fingerprint density at radius 3 is 2.50 bits per heavy atom. The van der Waals surface area contributed by atoms with Crippen LogP contribution in [0.1, 0.15) is 65.2 Å². The van der Waals surface area contributed by atoms with Gasteiger partial charge in [0.15, 0.2) is 0 Å². The Labute approximate surface area is 113 Å². The third-order valence-corrected chi connectivity index (χ3v) is 5.68. The lowest BCUT2D eigenvalue weighted by Gasteiger charge is -2.51. The van der Waals surface area contributed by atoms with Crippen molar-refractivity contribution in [3.05, 3.63) is 0 Å². The molecule has 2 aliphatic carbocycles. The minimum Gasteiger partial charge on any atom is -0.311 e. The van der Waals surface area contributed by atoms with Gasteiger partial charge in [0.05, 0.1) is 0 Å². The first-order chi connectivity index (χ1) is 8.74. The maximum absolute atomic E-state index is 3.84. The van der Waals surface area contributed by atoms with Gasteiger partial charge in [-0.25, -0.2) is 0 Å². The molecule has 2 heteroatoms. The van der Waals surface area contributed by atoms with Crippen molar-refractivity contribution in [1.82, 2.24) is 10.2 Å². The monoisotopic (exact) mass is 250 g/mol. The van der Waals surface area contributed by atoms with E-state index in [1.165, 1.54) is 64.5 Å². The van der Waals surface area contributed by atoms with Gasteiger partial charge in [-0.05, 0) is 44.9 Å². The molecule has 2 atom stereocenters. The van der Waals surface area contributed by atoms with E-state index in [-0.39, 0.29) is 0 Å². The van der Waals surface area contributed by atoms with E-state index < -0.39 is 0 Å². The van der Waals surface area contributed by atoms with Crippen molar-refractivity contribution in [2.45, 2.75) is 82.8 Å². The van der Waals surface area contributed by atoms with Gasteiger partial charge < -0.3 is 5.32 Å². The van der Waals surface area contributed by atoms with E-state index in [0.29, 0.717) is 5.54 Å². The lowest BCUT2D eigenvalue weighted by molar-refractivity contribution is -0.00151. The standard InChI is InChI=1S/C16H30N2/c1-3-6-14-11-18(15-7-4-5-8-15)16(2,12-17-14)13-9-10-13/h13-15,17H,3-12H2,1-2H3. The largest absolute Gasteiger partial charge is 0.311 e. The maximum Gasteiger partial charge on any atom is 0.0337 e. The SMILES string of the molecule is CCCC1CN(C2CCCC2)C(C)(C2CC2)CN1. The second kappa shape index (κ2) is 5.13. The zero-order valence-corrected chi connectivity index (χ0v) is 12.3. The third kappa shape index (κ3) is 2.34. The first-order valence-electron chi connectivity index (χ1n) is 8.24. The van der Waals surface area contributed by atoms with Gasteiger partial charge in [0.2, 0.25) is 0 Å². The van der Waals surface area contributed by atoms with Gasteiger partial charge in [0, 0.05) is 30.7 Å². The van der Waals surface area contributed by atoms with Crippen molar-refractivity contribution in [3.8, 4) is 0 Å². The molecule has 3 fully saturated rings. The molecule has 2 saturated carbocycles. The van der Waals surface area contributed by atoms with Gasteiger partial charge >= 0.3 is 0 Å². The summed E-state index contributed by atoms with van der Waals surface area (Å²) in [5.74, 6) is 0.980.